The lowest BCUT2D eigenvalue weighted by Crippen LogP contribution is -2.29. The molecule has 0 aromatic heterocycles. The van der Waals surface area contributed by atoms with Crippen LogP contribution in [-0.2, 0) is 14.2 Å². The van der Waals surface area contributed by atoms with Gasteiger partial charge in [0.2, 0.25) is 0 Å². The Morgan fingerprint density at radius 3 is 1.18 bits per heavy atom. The predicted octanol–water partition coefficient (Wildman–Crippen LogP) is -0.0866. The van der Waals surface area contributed by atoms with E-state index in [0.29, 0.717) is 13.2 Å². The van der Waals surface area contributed by atoms with Crippen molar-refractivity contribution in [2.75, 3.05) is 79.9 Å². The summed E-state index contributed by atoms with van der Waals surface area (Å²) in [5.74, 6) is 0. The van der Waals surface area contributed by atoms with Crippen LogP contribution in [-0.4, -0.2) is 89.7 Å². The van der Waals surface area contributed by atoms with Crippen LogP contribution < -0.4 is 0 Å². The molecule has 0 aromatic carbocycles. The Morgan fingerprint density at radius 1 is 0.529 bits per heavy atom. The van der Waals surface area contributed by atoms with Gasteiger partial charge in [0.15, 0.2) is 0 Å². The van der Waals surface area contributed by atoms with Gasteiger partial charge in [0, 0.05) is 26.2 Å². The van der Waals surface area contributed by atoms with Crippen LogP contribution in [0.5, 0.6) is 0 Å². The number of hydrogen-bond acceptors (Lipinski definition) is 5. The average Bonchev–Trinajstić information content (AvgIpc) is 2.31. The summed E-state index contributed by atoms with van der Waals surface area (Å²) in [7, 11) is 4.18. The van der Waals surface area contributed by atoms with Gasteiger partial charge in [-0.1, -0.05) is 0 Å². The van der Waals surface area contributed by atoms with Crippen molar-refractivity contribution in [3.8, 4) is 0 Å². The third-order valence-corrected chi connectivity index (χ3v) is 2.84. The van der Waals surface area contributed by atoms with Gasteiger partial charge in [-0.25, -0.2) is 0 Å². The van der Waals surface area contributed by atoms with Crippen molar-refractivity contribution in [2.45, 2.75) is 0 Å². The molecule has 0 spiro atoms. The molecule has 0 unspecified atom stereocenters. The first-order chi connectivity index (χ1) is 8.29. The molecule has 17 heavy (non-hydrogen) atoms. The summed E-state index contributed by atoms with van der Waals surface area (Å²) in [5.41, 5.74) is 0. The van der Waals surface area contributed by atoms with Crippen LogP contribution in [0.3, 0.4) is 0 Å². The Hall–Kier alpha value is -0.200. The van der Waals surface area contributed by atoms with Gasteiger partial charge in [-0.2, -0.15) is 0 Å². The summed E-state index contributed by atoms with van der Waals surface area (Å²) in [5, 5.41) is 0. The van der Waals surface area contributed by atoms with Gasteiger partial charge in [-0.15, -0.1) is 0 Å². The zero-order valence-electron chi connectivity index (χ0n) is 11.2. The standard InChI is InChI=1S/C12H26N2O3/c1-13-3-7-15-8-4-14(2)6-10-17-12-11-16-9-5-13/h3-12H2,1-2H3. The van der Waals surface area contributed by atoms with Crippen LogP contribution in [0.1, 0.15) is 0 Å². The Balaban J connectivity index is 2.19. The maximum atomic E-state index is 5.59. The van der Waals surface area contributed by atoms with Crippen LogP contribution >= 0.6 is 0 Å². The van der Waals surface area contributed by atoms with Crippen LogP contribution in [0.15, 0.2) is 0 Å². The minimum absolute atomic E-state index is 0.689. The lowest BCUT2D eigenvalue weighted by atomic mass is 10.5. The molecule has 1 saturated heterocycles. The molecule has 1 aliphatic heterocycles. The van der Waals surface area contributed by atoms with Crippen LogP contribution in [0, 0.1) is 0 Å². The highest BCUT2D eigenvalue weighted by Crippen LogP contribution is 1.89. The molecule has 0 saturated carbocycles. The SMILES string of the molecule is CN1CCOCCOCCN(C)CCOCC1. The molecule has 1 rings (SSSR count). The van der Waals surface area contributed by atoms with E-state index in [9.17, 15) is 0 Å². The van der Waals surface area contributed by atoms with Gasteiger partial charge in [-0.05, 0) is 14.1 Å². The second-order valence-electron chi connectivity index (χ2n) is 4.44. The first-order valence-electron chi connectivity index (χ1n) is 6.39. The van der Waals surface area contributed by atoms with Crippen molar-refractivity contribution in [2.24, 2.45) is 0 Å². The molecule has 0 atom stereocenters. The largest absolute Gasteiger partial charge is 0.379 e. The topological polar surface area (TPSA) is 34.2 Å². The molecular weight excluding hydrogens is 220 g/mol. The maximum absolute atomic E-state index is 5.59. The highest BCUT2D eigenvalue weighted by molar-refractivity contribution is 4.53. The number of hydrogen-bond donors (Lipinski definition) is 0. The second-order valence-corrected chi connectivity index (χ2v) is 4.44. The fourth-order valence-corrected chi connectivity index (χ4v) is 1.53. The molecule has 0 amide bonds. The zero-order chi connectivity index (χ0) is 12.3. The van der Waals surface area contributed by atoms with Crippen molar-refractivity contribution in [3.05, 3.63) is 0 Å². The molecule has 1 aliphatic rings. The van der Waals surface area contributed by atoms with Crippen molar-refractivity contribution in [3.63, 3.8) is 0 Å². The van der Waals surface area contributed by atoms with Crippen molar-refractivity contribution in [1.82, 2.24) is 9.80 Å². The van der Waals surface area contributed by atoms with Gasteiger partial charge in [0.25, 0.3) is 0 Å². The van der Waals surface area contributed by atoms with E-state index < -0.39 is 0 Å². The summed E-state index contributed by atoms with van der Waals surface area (Å²) < 4.78 is 16.6. The molecule has 1 fully saturated rings. The van der Waals surface area contributed by atoms with Crippen LogP contribution in [0.25, 0.3) is 0 Å². The van der Waals surface area contributed by atoms with E-state index in [1.165, 1.54) is 0 Å². The number of likely N-dealkylation sites (N-methyl/N-ethyl adjacent to an activating group) is 2. The fraction of sp³-hybridized carbons (Fsp3) is 1.00. The molecule has 0 bridgehead atoms. The van der Waals surface area contributed by atoms with Crippen LogP contribution in [0.2, 0.25) is 0 Å². The Bertz CT molecular complexity index is 163. The molecule has 0 aliphatic carbocycles. The Morgan fingerprint density at radius 2 is 0.824 bits per heavy atom. The van der Waals surface area contributed by atoms with Crippen LogP contribution in [0.4, 0.5) is 0 Å². The van der Waals surface area contributed by atoms with E-state index in [-0.39, 0.29) is 0 Å². The lowest BCUT2D eigenvalue weighted by Gasteiger charge is -2.17. The minimum Gasteiger partial charge on any atom is -0.379 e. The van der Waals surface area contributed by atoms with Gasteiger partial charge in [0.1, 0.15) is 0 Å². The van der Waals surface area contributed by atoms with Gasteiger partial charge in [0.05, 0.1) is 39.6 Å². The second kappa shape index (κ2) is 9.79. The average molecular weight is 246 g/mol. The predicted molar refractivity (Wildman–Crippen MR) is 67.5 cm³/mol. The number of nitrogens with zero attached hydrogens (tertiary/aromatic N) is 2. The normalized spacial score (nSPS) is 25.1. The van der Waals surface area contributed by atoms with Crippen molar-refractivity contribution >= 4 is 0 Å². The van der Waals surface area contributed by atoms with E-state index in [0.717, 1.165) is 52.6 Å². The Labute approximate surface area is 105 Å². The minimum atomic E-state index is 0.689. The summed E-state index contributed by atoms with van der Waals surface area (Å²) in [6.07, 6.45) is 0. The molecule has 5 heteroatoms. The molecule has 0 N–H and O–H groups in total. The van der Waals surface area contributed by atoms with Crippen molar-refractivity contribution < 1.29 is 14.2 Å². The molecule has 1 heterocycles. The van der Waals surface area contributed by atoms with E-state index in [2.05, 4.69) is 23.9 Å². The van der Waals surface area contributed by atoms with Gasteiger partial charge in [-0.3, -0.25) is 0 Å². The summed E-state index contributed by atoms with van der Waals surface area (Å²) in [4.78, 5) is 4.45. The first-order valence-corrected chi connectivity index (χ1v) is 6.39. The zero-order valence-corrected chi connectivity index (χ0v) is 11.2. The fourth-order valence-electron chi connectivity index (χ4n) is 1.53. The Kier molecular flexibility index (Phi) is 8.56. The van der Waals surface area contributed by atoms with E-state index in [1.807, 2.05) is 0 Å². The molecule has 0 radical (unpaired) electrons. The third kappa shape index (κ3) is 8.51. The van der Waals surface area contributed by atoms with Crippen molar-refractivity contribution in [1.29, 1.82) is 0 Å². The van der Waals surface area contributed by atoms with Gasteiger partial charge < -0.3 is 24.0 Å². The monoisotopic (exact) mass is 246 g/mol. The number of rotatable bonds is 0. The lowest BCUT2D eigenvalue weighted by molar-refractivity contribution is 0.0360. The summed E-state index contributed by atoms with van der Waals surface area (Å²) in [6, 6.07) is 0. The highest BCUT2D eigenvalue weighted by atomic mass is 16.5. The quantitative estimate of drug-likeness (QED) is 0.597. The van der Waals surface area contributed by atoms with E-state index >= 15 is 0 Å². The molecular formula is C12H26N2O3. The third-order valence-electron chi connectivity index (χ3n) is 2.84. The molecule has 0 aromatic rings. The summed E-state index contributed by atoms with van der Waals surface area (Å²) >= 11 is 0. The van der Waals surface area contributed by atoms with Gasteiger partial charge >= 0.3 is 0 Å². The number of ether oxygens (including phenoxy) is 3. The smallest absolute Gasteiger partial charge is 0.0701 e. The molecule has 5 nitrogen and oxygen atoms in total. The maximum Gasteiger partial charge on any atom is 0.0701 e. The van der Waals surface area contributed by atoms with E-state index in [1.54, 1.807) is 0 Å². The first kappa shape index (κ1) is 14.9. The highest BCUT2D eigenvalue weighted by Gasteiger charge is 2.02. The molecule has 102 valence electrons. The van der Waals surface area contributed by atoms with E-state index in [4.69, 9.17) is 14.2 Å². The summed E-state index contributed by atoms with van der Waals surface area (Å²) in [6.45, 7) is 8.31.